The molecule has 1 aromatic carbocycles. The molecule has 0 aliphatic carbocycles. The number of aliphatic carboxylic acids is 1. The van der Waals surface area contributed by atoms with Crippen molar-refractivity contribution in [1.29, 1.82) is 0 Å². The first kappa shape index (κ1) is 14.8. The maximum Gasteiger partial charge on any atom is 0.331 e. The van der Waals surface area contributed by atoms with Gasteiger partial charge in [-0.1, -0.05) is 0 Å². The van der Waals surface area contributed by atoms with Crippen molar-refractivity contribution in [3.63, 3.8) is 0 Å². The van der Waals surface area contributed by atoms with Crippen molar-refractivity contribution in [2.75, 3.05) is 18.6 Å². The quantitative estimate of drug-likeness (QED) is 0.904. The van der Waals surface area contributed by atoms with Crippen molar-refractivity contribution < 1.29 is 24.2 Å². The first-order chi connectivity index (χ1) is 9.93. The maximum atomic E-state index is 12.4. The van der Waals surface area contributed by atoms with E-state index in [0.29, 0.717) is 11.4 Å². The predicted octanol–water partition coefficient (Wildman–Crippen LogP) is 1.33. The van der Waals surface area contributed by atoms with Gasteiger partial charge in [-0.3, -0.25) is 19.4 Å². The van der Waals surface area contributed by atoms with E-state index in [9.17, 15) is 14.4 Å². The zero-order valence-corrected chi connectivity index (χ0v) is 11.8. The van der Waals surface area contributed by atoms with E-state index in [1.165, 1.54) is 12.0 Å². The van der Waals surface area contributed by atoms with Crippen LogP contribution in [0.3, 0.4) is 0 Å². The average Bonchev–Trinajstić information content (AvgIpc) is 2.44. The average molecular weight is 292 g/mol. The fourth-order valence-corrected chi connectivity index (χ4v) is 2.28. The Morgan fingerprint density at radius 3 is 2.48 bits per heavy atom. The SMILES string of the molecule is COc1ccc(N2C(=O)N(CC(=O)O)C(=O)CC2C)cc1. The number of carboxylic acid groups (broad SMARTS) is 1. The molecule has 1 aliphatic heterocycles. The van der Waals surface area contributed by atoms with Gasteiger partial charge in [0.25, 0.3) is 0 Å². The van der Waals surface area contributed by atoms with E-state index >= 15 is 0 Å². The number of rotatable bonds is 4. The minimum atomic E-state index is -1.22. The summed E-state index contributed by atoms with van der Waals surface area (Å²) >= 11 is 0. The van der Waals surface area contributed by atoms with E-state index in [-0.39, 0.29) is 12.5 Å². The molecule has 1 N–H and O–H groups in total. The fourth-order valence-electron chi connectivity index (χ4n) is 2.28. The first-order valence-corrected chi connectivity index (χ1v) is 6.43. The fraction of sp³-hybridized carbons (Fsp3) is 0.357. The zero-order chi connectivity index (χ0) is 15.6. The minimum Gasteiger partial charge on any atom is -0.497 e. The van der Waals surface area contributed by atoms with Gasteiger partial charge < -0.3 is 9.84 Å². The van der Waals surface area contributed by atoms with Gasteiger partial charge in [0, 0.05) is 18.2 Å². The highest BCUT2D eigenvalue weighted by Gasteiger charge is 2.38. The number of ether oxygens (including phenoxy) is 1. The van der Waals surface area contributed by atoms with Gasteiger partial charge in [0.2, 0.25) is 5.91 Å². The highest BCUT2D eigenvalue weighted by atomic mass is 16.5. The largest absolute Gasteiger partial charge is 0.497 e. The number of methoxy groups -OCH3 is 1. The molecule has 1 atom stereocenters. The molecule has 1 aromatic rings. The monoisotopic (exact) mass is 292 g/mol. The molecule has 7 heteroatoms. The molecular formula is C14H16N2O5. The van der Waals surface area contributed by atoms with Crippen molar-refractivity contribution in [2.45, 2.75) is 19.4 Å². The Labute approximate surface area is 121 Å². The summed E-state index contributed by atoms with van der Waals surface area (Å²) in [7, 11) is 1.54. The molecule has 112 valence electrons. The molecule has 1 aliphatic rings. The van der Waals surface area contributed by atoms with Gasteiger partial charge >= 0.3 is 12.0 Å². The van der Waals surface area contributed by atoms with Crippen molar-refractivity contribution in [2.24, 2.45) is 0 Å². The second kappa shape index (κ2) is 5.82. The van der Waals surface area contributed by atoms with Crippen LogP contribution >= 0.6 is 0 Å². The number of hydrogen-bond donors (Lipinski definition) is 1. The lowest BCUT2D eigenvalue weighted by Gasteiger charge is -2.38. The molecule has 0 saturated carbocycles. The Hall–Kier alpha value is -2.57. The highest BCUT2D eigenvalue weighted by Crippen LogP contribution is 2.26. The standard InChI is InChI=1S/C14H16N2O5/c1-9-7-12(17)15(8-13(18)19)14(20)16(9)10-3-5-11(21-2)6-4-10/h3-6,9H,7-8H2,1-2H3,(H,18,19). The molecule has 0 spiro atoms. The smallest absolute Gasteiger partial charge is 0.331 e. The van der Waals surface area contributed by atoms with Crippen LogP contribution in [-0.2, 0) is 9.59 Å². The topological polar surface area (TPSA) is 87.2 Å². The Bertz CT molecular complexity index is 569. The predicted molar refractivity (Wildman–Crippen MR) is 74.3 cm³/mol. The molecule has 1 saturated heterocycles. The summed E-state index contributed by atoms with van der Waals surface area (Å²) in [5.41, 5.74) is 0.594. The van der Waals surface area contributed by atoms with Crippen LogP contribution in [0.4, 0.5) is 10.5 Å². The molecule has 0 aromatic heterocycles. The molecule has 2 rings (SSSR count). The molecule has 21 heavy (non-hydrogen) atoms. The number of nitrogens with zero attached hydrogens (tertiary/aromatic N) is 2. The van der Waals surface area contributed by atoms with Gasteiger partial charge in [0.15, 0.2) is 0 Å². The van der Waals surface area contributed by atoms with Crippen LogP contribution in [0, 0.1) is 0 Å². The molecule has 1 fully saturated rings. The van der Waals surface area contributed by atoms with Crippen LogP contribution in [0.15, 0.2) is 24.3 Å². The van der Waals surface area contributed by atoms with Crippen molar-refractivity contribution in [3.8, 4) is 5.75 Å². The van der Waals surface area contributed by atoms with E-state index in [1.807, 2.05) is 0 Å². The van der Waals surface area contributed by atoms with Crippen molar-refractivity contribution >= 4 is 23.6 Å². The third-order valence-electron chi connectivity index (χ3n) is 3.29. The molecular weight excluding hydrogens is 276 g/mol. The van der Waals surface area contributed by atoms with Gasteiger partial charge in [-0.15, -0.1) is 0 Å². The molecule has 7 nitrogen and oxygen atoms in total. The van der Waals surface area contributed by atoms with Crippen LogP contribution in [-0.4, -0.2) is 47.6 Å². The Kier molecular flexibility index (Phi) is 4.11. The van der Waals surface area contributed by atoms with E-state index < -0.39 is 24.5 Å². The number of hydrogen-bond acceptors (Lipinski definition) is 4. The van der Waals surface area contributed by atoms with Gasteiger partial charge in [-0.05, 0) is 31.2 Å². The second-order valence-electron chi connectivity index (χ2n) is 4.78. The van der Waals surface area contributed by atoms with Gasteiger partial charge in [-0.25, -0.2) is 4.79 Å². The van der Waals surface area contributed by atoms with Gasteiger partial charge in [-0.2, -0.15) is 0 Å². The summed E-state index contributed by atoms with van der Waals surface area (Å²) in [6.07, 6.45) is 0.0883. The third kappa shape index (κ3) is 2.96. The Morgan fingerprint density at radius 2 is 1.95 bits per heavy atom. The molecule has 0 bridgehead atoms. The van der Waals surface area contributed by atoms with Crippen LogP contribution in [0.2, 0.25) is 0 Å². The summed E-state index contributed by atoms with van der Waals surface area (Å²) in [6.45, 7) is 1.12. The Balaban J connectivity index is 2.29. The summed E-state index contributed by atoms with van der Waals surface area (Å²) in [6, 6.07) is 5.85. The number of benzene rings is 1. The number of carbonyl (C=O) groups is 3. The zero-order valence-electron chi connectivity index (χ0n) is 11.8. The lowest BCUT2D eigenvalue weighted by atomic mass is 10.1. The second-order valence-corrected chi connectivity index (χ2v) is 4.78. The lowest BCUT2D eigenvalue weighted by molar-refractivity contribution is -0.142. The van der Waals surface area contributed by atoms with Gasteiger partial charge in [0.05, 0.1) is 7.11 Å². The Morgan fingerprint density at radius 1 is 1.33 bits per heavy atom. The molecule has 1 unspecified atom stereocenters. The minimum absolute atomic E-state index is 0.0883. The van der Waals surface area contributed by atoms with Crippen molar-refractivity contribution in [3.05, 3.63) is 24.3 Å². The van der Waals surface area contributed by atoms with E-state index in [0.717, 1.165) is 4.90 Å². The van der Waals surface area contributed by atoms with E-state index in [1.54, 1.807) is 31.2 Å². The molecule has 1 heterocycles. The number of carbonyl (C=O) groups excluding carboxylic acids is 2. The summed E-state index contributed by atoms with van der Waals surface area (Å²) in [5, 5.41) is 8.81. The normalized spacial score (nSPS) is 18.9. The summed E-state index contributed by atoms with van der Waals surface area (Å²) in [4.78, 5) is 37.2. The van der Waals surface area contributed by atoms with Crippen LogP contribution in [0.5, 0.6) is 5.75 Å². The van der Waals surface area contributed by atoms with Crippen molar-refractivity contribution in [1.82, 2.24) is 4.90 Å². The summed E-state index contributed by atoms with van der Waals surface area (Å²) < 4.78 is 5.06. The maximum absolute atomic E-state index is 12.4. The number of imide groups is 1. The van der Waals surface area contributed by atoms with Crippen LogP contribution in [0.1, 0.15) is 13.3 Å². The molecule has 0 radical (unpaired) electrons. The number of amides is 3. The van der Waals surface area contributed by atoms with E-state index in [4.69, 9.17) is 9.84 Å². The number of carboxylic acids is 1. The van der Waals surface area contributed by atoms with Gasteiger partial charge in [0.1, 0.15) is 12.3 Å². The summed E-state index contributed by atoms with van der Waals surface area (Å²) in [5.74, 6) is -1.05. The molecule has 3 amide bonds. The number of urea groups is 1. The lowest BCUT2D eigenvalue weighted by Crippen LogP contribution is -2.57. The first-order valence-electron chi connectivity index (χ1n) is 6.43. The van der Waals surface area contributed by atoms with E-state index in [2.05, 4.69) is 0 Å². The number of anilines is 1. The third-order valence-corrected chi connectivity index (χ3v) is 3.29. The van der Waals surface area contributed by atoms with Crippen LogP contribution in [0.25, 0.3) is 0 Å². The highest BCUT2D eigenvalue weighted by molar-refractivity contribution is 6.07. The van der Waals surface area contributed by atoms with Crippen LogP contribution < -0.4 is 9.64 Å².